The fraction of sp³-hybridized carbons (Fsp3) is 0.579. The van der Waals surface area contributed by atoms with Crippen LogP contribution >= 0.6 is 11.8 Å². The predicted octanol–water partition coefficient (Wildman–Crippen LogP) is 1.85. The molecule has 1 aromatic rings. The summed E-state index contributed by atoms with van der Waals surface area (Å²) in [5.41, 5.74) is 0.500. The van der Waals surface area contributed by atoms with E-state index in [0.29, 0.717) is 18.5 Å². The van der Waals surface area contributed by atoms with E-state index in [-0.39, 0.29) is 36.2 Å². The average molecular weight is 428 g/mol. The third kappa shape index (κ3) is 6.22. The summed E-state index contributed by atoms with van der Waals surface area (Å²) >= 11 is 1.31. The number of amides is 2. The maximum absolute atomic E-state index is 13.0. The van der Waals surface area contributed by atoms with E-state index >= 15 is 0 Å². The van der Waals surface area contributed by atoms with Crippen LogP contribution in [0.3, 0.4) is 0 Å². The van der Waals surface area contributed by atoms with Crippen LogP contribution in [0.4, 0.5) is 0 Å². The van der Waals surface area contributed by atoms with E-state index in [4.69, 9.17) is 0 Å². The molecule has 0 unspecified atom stereocenters. The molecule has 7 nitrogen and oxygen atoms in total. The van der Waals surface area contributed by atoms with Crippen LogP contribution in [0.1, 0.15) is 44.5 Å². The minimum absolute atomic E-state index is 0.0629. The molecule has 2 rings (SSSR count). The molecule has 0 spiro atoms. The average Bonchev–Trinajstić information content (AvgIpc) is 3.09. The van der Waals surface area contributed by atoms with Gasteiger partial charge in [-0.2, -0.15) is 0 Å². The van der Waals surface area contributed by atoms with E-state index in [9.17, 15) is 18.0 Å². The van der Waals surface area contributed by atoms with Crippen molar-refractivity contribution < 1.29 is 18.0 Å². The Kier molecular flexibility index (Phi) is 7.91. The number of likely N-dealkylation sites (tertiary alicyclic amines) is 1. The summed E-state index contributed by atoms with van der Waals surface area (Å²) in [5.74, 6) is -0.0680. The molecule has 0 bridgehead atoms. The Balaban J connectivity index is 2.06. The van der Waals surface area contributed by atoms with Crippen LogP contribution in [-0.2, 0) is 14.8 Å². The van der Waals surface area contributed by atoms with Crippen molar-refractivity contribution in [2.24, 2.45) is 0 Å². The Morgan fingerprint density at radius 3 is 2.50 bits per heavy atom. The SMILES string of the molecule is CC(C)NC(=O)CSc1ccccc1C(=O)N1CC[C@@H](S(=O)(=O)NC(C)C)C1. The molecular weight excluding hydrogens is 398 g/mol. The zero-order valence-corrected chi connectivity index (χ0v) is 18.4. The van der Waals surface area contributed by atoms with Gasteiger partial charge >= 0.3 is 0 Å². The largest absolute Gasteiger partial charge is 0.353 e. The minimum Gasteiger partial charge on any atom is -0.353 e. The summed E-state index contributed by atoms with van der Waals surface area (Å²) in [6.45, 7) is 7.91. The van der Waals surface area contributed by atoms with E-state index in [1.54, 1.807) is 30.9 Å². The molecule has 2 N–H and O–H groups in total. The second-order valence-corrected chi connectivity index (χ2v) is 10.5. The third-order valence-corrected chi connectivity index (χ3v) is 7.33. The summed E-state index contributed by atoms with van der Waals surface area (Å²) in [4.78, 5) is 27.2. The standard InChI is InChI=1S/C19H29N3O4S2/c1-13(2)20-18(23)12-27-17-8-6-5-7-16(17)19(24)22-10-9-15(11-22)28(25,26)21-14(3)4/h5-8,13-15,21H,9-12H2,1-4H3,(H,20,23)/t15-/m1/s1. The fourth-order valence-corrected chi connectivity index (χ4v) is 5.53. The number of rotatable bonds is 8. The number of sulfonamides is 1. The van der Waals surface area contributed by atoms with E-state index in [1.807, 2.05) is 26.0 Å². The first kappa shape index (κ1) is 22.7. The highest BCUT2D eigenvalue weighted by atomic mass is 32.2. The summed E-state index contributed by atoms with van der Waals surface area (Å²) in [6, 6.07) is 7.01. The third-order valence-electron chi connectivity index (χ3n) is 4.20. The molecule has 1 aliphatic heterocycles. The highest BCUT2D eigenvalue weighted by Crippen LogP contribution is 2.26. The number of hydrogen-bond acceptors (Lipinski definition) is 5. The highest BCUT2D eigenvalue weighted by molar-refractivity contribution is 8.00. The molecule has 0 aliphatic carbocycles. The molecule has 2 amide bonds. The van der Waals surface area contributed by atoms with Gasteiger partial charge in [0.1, 0.15) is 0 Å². The lowest BCUT2D eigenvalue weighted by molar-refractivity contribution is -0.119. The van der Waals surface area contributed by atoms with Crippen molar-refractivity contribution in [2.75, 3.05) is 18.8 Å². The van der Waals surface area contributed by atoms with Crippen molar-refractivity contribution in [1.82, 2.24) is 14.9 Å². The van der Waals surface area contributed by atoms with Crippen LogP contribution in [-0.4, -0.2) is 61.3 Å². The summed E-state index contributed by atoms with van der Waals surface area (Å²) in [5, 5.41) is 2.22. The zero-order valence-electron chi connectivity index (χ0n) is 16.8. The van der Waals surface area contributed by atoms with Gasteiger partial charge in [0.05, 0.1) is 16.6 Å². The number of nitrogens with zero attached hydrogens (tertiary/aromatic N) is 1. The summed E-state index contributed by atoms with van der Waals surface area (Å²) in [7, 11) is -3.45. The Morgan fingerprint density at radius 2 is 1.86 bits per heavy atom. The first-order valence-corrected chi connectivity index (χ1v) is 11.9. The number of thioether (sulfide) groups is 1. The zero-order chi connectivity index (χ0) is 20.9. The van der Waals surface area contributed by atoms with Gasteiger partial charge in [0.2, 0.25) is 15.9 Å². The van der Waals surface area contributed by atoms with E-state index in [2.05, 4.69) is 10.0 Å². The quantitative estimate of drug-likeness (QED) is 0.617. The second-order valence-electron chi connectivity index (χ2n) is 7.49. The molecule has 28 heavy (non-hydrogen) atoms. The van der Waals surface area contributed by atoms with Gasteiger partial charge in [-0.3, -0.25) is 9.59 Å². The van der Waals surface area contributed by atoms with Gasteiger partial charge in [-0.1, -0.05) is 12.1 Å². The van der Waals surface area contributed by atoms with Crippen LogP contribution in [0.15, 0.2) is 29.2 Å². The molecule has 9 heteroatoms. The predicted molar refractivity (Wildman–Crippen MR) is 112 cm³/mol. The number of hydrogen-bond donors (Lipinski definition) is 2. The van der Waals surface area contributed by atoms with Crippen molar-refractivity contribution in [1.29, 1.82) is 0 Å². The summed E-state index contributed by atoms with van der Waals surface area (Å²) in [6.07, 6.45) is 0.417. The topological polar surface area (TPSA) is 95.6 Å². The Bertz CT molecular complexity index is 809. The number of benzene rings is 1. The van der Waals surface area contributed by atoms with Crippen LogP contribution in [0.25, 0.3) is 0 Å². The molecule has 156 valence electrons. The van der Waals surface area contributed by atoms with Gasteiger partial charge in [0.25, 0.3) is 5.91 Å². The van der Waals surface area contributed by atoms with Crippen LogP contribution in [0.2, 0.25) is 0 Å². The van der Waals surface area contributed by atoms with Gasteiger partial charge in [0.15, 0.2) is 0 Å². The fourth-order valence-electron chi connectivity index (χ4n) is 3.04. The monoisotopic (exact) mass is 427 g/mol. The van der Waals surface area contributed by atoms with E-state index < -0.39 is 15.3 Å². The van der Waals surface area contributed by atoms with Gasteiger partial charge in [-0.25, -0.2) is 13.1 Å². The van der Waals surface area contributed by atoms with E-state index in [0.717, 1.165) is 4.90 Å². The van der Waals surface area contributed by atoms with Crippen molar-refractivity contribution in [3.05, 3.63) is 29.8 Å². The van der Waals surface area contributed by atoms with Crippen molar-refractivity contribution in [3.63, 3.8) is 0 Å². The molecule has 0 radical (unpaired) electrons. The summed E-state index contributed by atoms with van der Waals surface area (Å²) < 4.78 is 27.4. The Morgan fingerprint density at radius 1 is 1.18 bits per heavy atom. The molecule has 0 saturated carbocycles. The molecular formula is C19H29N3O4S2. The molecule has 1 fully saturated rings. The van der Waals surface area contributed by atoms with Crippen molar-refractivity contribution >= 4 is 33.6 Å². The molecule has 1 aromatic carbocycles. The number of carbonyl (C=O) groups is 2. The van der Waals surface area contributed by atoms with Crippen molar-refractivity contribution in [2.45, 2.75) is 56.3 Å². The van der Waals surface area contributed by atoms with Crippen molar-refractivity contribution in [3.8, 4) is 0 Å². The van der Waals surface area contributed by atoms with Gasteiger partial charge in [-0.05, 0) is 46.2 Å². The van der Waals surface area contributed by atoms with Crippen LogP contribution in [0.5, 0.6) is 0 Å². The Hall–Kier alpha value is -1.58. The number of nitrogens with one attached hydrogen (secondary N) is 2. The first-order valence-electron chi connectivity index (χ1n) is 9.41. The lowest BCUT2D eigenvalue weighted by atomic mass is 10.2. The molecule has 1 atom stereocenters. The number of carbonyl (C=O) groups excluding carboxylic acids is 2. The minimum atomic E-state index is -3.45. The second kappa shape index (κ2) is 9.76. The molecule has 1 heterocycles. The normalized spacial score (nSPS) is 17.4. The van der Waals surface area contributed by atoms with Gasteiger partial charge in [-0.15, -0.1) is 11.8 Å². The smallest absolute Gasteiger partial charge is 0.255 e. The van der Waals surface area contributed by atoms with Gasteiger partial charge < -0.3 is 10.2 Å². The molecule has 0 aromatic heterocycles. The highest BCUT2D eigenvalue weighted by Gasteiger charge is 2.36. The molecule has 1 saturated heterocycles. The van der Waals surface area contributed by atoms with E-state index in [1.165, 1.54) is 11.8 Å². The lowest BCUT2D eigenvalue weighted by Crippen LogP contribution is -2.40. The molecule has 1 aliphatic rings. The van der Waals surface area contributed by atoms with Crippen LogP contribution < -0.4 is 10.0 Å². The Labute approximate surface area is 171 Å². The maximum atomic E-state index is 13.0. The first-order chi connectivity index (χ1) is 13.1. The lowest BCUT2D eigenvalue weighted by Gasteiger charge is -2.19. The maximum Gasteiger partial charge on any atom is 0.255 e. The van der Waals surface area contributed by atoms with Gasteiger partial charge in [0, 0.05) is 30.1 Å². The van der Waals surface area contributed by atoms with Crippen LogP contribution in [0, 0.1) is 0 Å².